The summed E-state index contributed by atoms with van der Waals surface area (Å²) in [6.45, 7) is 12.7. The maximum Gasteiger partial charge on any atom is 0.170 e. The number of ether oxygens (including phenoxy) is 1. The summed E-state index contributed by atoms with van der Waals surface area (Å²) in [6, 6.07) is 0. The van der Waals surface area contributed by atoms with Crippen LogP contribution in [0.1, 0.15) is 67.2 Å². The van der Waals surface area contributed by atoms with E-state index in [2.05, 4.69) is 27.7 Å². The van der Waals surface area contributed by atoms with Gasteiger partial charge in [-0.25, -0.2) is 0 Å². The second-order valence-electron chi connectivity index (χ2n) is 6.75. The predicted molar refractivity (Wildman–Crippen MR) is 70.5 cm³/mol. The van der Waals surface area contributed by atoms with Gasteiger partial charge in [-0.1, -0.05) is 41.0 Å². The average molecular weight is 328 g/mol. The van der Waals surface area contributed by atoms with Crippen molar-refractivity contribution in [2.75, 3.05) is 0 Å². The topological polar surface area (TPSA) is 26.3 Å². The van der Waals surface area contributed by atoms with Crippen molar-refractivity contribution in [3.8, 4) is 0 Å². The van der Waals surface area contributed by atoms with Crippen molar-refractivity contribution in [1.29, 1.82) is 0 Å². The first-order valence-electron chi connectivity index (χ1n) is 6.74. The number of rotatable bonds is 3. The van der Waals surface area contributed by atoms with Crippen LogP contribution in [0.15, 0.2) is 0 Å². The van der Waals surface area contributed by atoms with Crippen LogP contribution >= 0.6 is 0 Å². The molecule has 0 amide bonds. The zero-order valence-electron chi connectivity index (χ0n) is 12.8. The van der Waals surface area contributed by atoms with Crippen LogP contribution in [0.3, 0.4) is 0 Å². The first kappa shape index (κ1) is 18.4. The first-order valence-corrected chi connectivity index (χ1v) is 6.74. The molecule has 1 fully saturated rings. The summed E-state index contributed by atoms with van der Waals surface area (Å²) in [7, 11) is 0. The van der Waals surface area contributed by atoms with E-state index in [1.165, 1.54) is 6.42 Å². The van der Waals surface area contributed by atoms with Crippen LogP contribution < -0.4 is 0 Å². The molecule has 0 unspecified atom stereocenters. The molecule has 1 radical (unpaired) electrons. The van der Waals surface area contributed by atoms with Crippen LogP contribution in [0, 0.1) is 16.7 Å². The molecule has 0 N–H and O–H groups in total. The van der Waals surface area contributed by atoms with Gasteiger partial charge in [0.25, 0.3) is 0 Å². The average Bonchev–Trinajstić information content (AvgIpc) is 2.21. The van der Waals surface area contributed by atoms with E-state index in [1.54, 1.807) is 0 Å². The van der Waals surface area contributed by atoms with E-state index in [9.17, 15) is 4.79 Å². The Labute approximate surface area is 138 Å². The Morgan fingerprint density at radius 2 is 1.67 bits per heavy atom. The van der Waals surface area contributed by atoms with E-state index in [-0.39, 0.29) is 55.6 Å². The molecule has 0 bridgehead atoms. The number of carbonyl (C=O) groups excluding carboxylic acids is 1. The van der Waals surface area contributed by atoms with E-state index in [1.807, 2.05) is 13.8 Å². The fourth-order valence-electron chi connectivity index (χ4n) is 2.99. The molecule has 103 valence electrons. The van der Waals surface area contributed by atoms with Crippen molar-refractivity contribution < 1.29 is 42.2 Å². The van der Waals surface area contributed by atoms with Crippen LogP contribution in [-0.2, 0) is 42.2 Å². The molecule has 2 nitrogen and oxygen atoms in total. The molecule has 0 atom stereocenters. The van der Waals surface area contributed by atoms with Crippen LogP contribution in [0.25, 0.3) is 0 Å². The van der Waals surface area contributed by atoms with Crippen molar-refractivity contribution in [1.82, 2.24) is 0 Å². The van der Waals surface area contributed by atoms with Gasteiger partial charge in [-0.2, -0.15) is 13.3 Å². The first-order chi connectivity index (χ1) is 7.70. The van der Waals surface area contributed by atoms with Gasteiger partial charge in [0, 0.05) is 43.5 Å². The van der Waals surface area contributed by atoms with Gasteiger partial charge < -0.3 is 4.74 Å². The fourth-order valence-corrected chi connectivity index (χ4v) is 2.99. The molecule has 1 aliphatic rings. The van der Waals surface area contributed by atoms with Gasteiger partial charge in [0.15, 0.2) is 5.97 Å². The van der Waals surface area contributed by atoms with Gasteiger partial charge in [-0.05, 0) is 12.8 Å². The smallest absolute Gasteiger partial charge is 0.170 e. The molecule has 0 aliphatic heterocycles. The summed E-state index contributed by atoms with van der Waals surface area (Å²) in [5, 5.41) is 0. The van der Waals surface area contributed by atoms with E-state index in [0.717, 1.165) is 25.2 Å². The van der Waals surface area contributed by atoms with E-state index >= 15 is 0 Å². The normalized spacial score (nSPS) is 21.9. The molecule has 0 aromatic heterocycles. The summed E-state index contributed by atoms with van der Waals surface area (Å²) in [5.41, 5.74) is 0.177. The molecule has 1 rings (SSSR count). The standard InChI is InChI=1S/C15H27O2.Y/c1-7-11(2)12(16)17-13-14(3,4)9-8-10-15(13,5)6;/h13H,7-10H2,1-6H3;/q-1;. The molecule has 0 aromatic rings. The zero-order chi connectivity index (χ0) is 13.3. The molecule has 0 heterocycles. The van der Waals surface area contributed by atoms with Gasteiger partial charge in [0.05, 0.1) is 0 Å². The molecule has 1 saturated carbocycles. The minimum absolute atomic E-state index is 0. The number of esters is 1. The Hall–Kier alpha value is 0.444. The Bertz CT molecular complexity index is 268. The van der Waals surface area contributed by atoms with Gasteiger partial charge in [0.1, 0.15) is 6.10 Å². The fraction of sp³-hybridized carbons (Fsp3) is 0.867. The number of hydrogen-bond acceptors (Lipinski definition) is 2. The Morgan fingerprint density at radius 3 is 2.06 bits per heavy atom. The number of carbonyl (C=O) groups is 1. The Morgan fingerprint density at radius 1 is 1.22 bits per heavy atom. The maximum absolute atomic E-state index is 12.0. The second-order valence-corrected chi connectivity index (χ2v) is 6.75. The summed E-state index contributed by atoms with van der Waals surface area (Å²) >= 11 is 0. The number of hydrogen-bond donors (Lipinski definition) is 0. The van der Waals surface area contributed by atoms with Gasteiger partial charge in [0.2, 0.25) is 0 Å². The largest absolute Gasteiger partial charge is 0.484 e. The zero-order valence-corrected chi connectivity index (χ0v) is 15.6. The van der Waals surface area contributed by atoms with E-state index in [0.29, 0.717) is 0 Å². The SMILES string of the molecule is CC[C-](C)C(=O)OC1C(C)(C)CCCC1(C)C.[Y]. The summed E-state index contributed by atoms with van der Waals surface area (Å²) in [5.74, 6) is 0.711. The van der Waals surface area contributed by atoms with Crippen molar-refractivity contribution in [2.45, 2.75) is 73.3 Å². The third kappa shape index (κ3) is 4.23. The minimum Gasteiger partial charge on any atom is -0.484 e. The Balaban J connectivity index is 0.00000289. The minimum atomic E-state index is -0.111. The van der Waals surface area contributed by atoms with Crippen LogP contribution in [-0.4, -0.2) is 12.1 Å². The summed E-state index contributed by atoms with van der Waals surface area (Å²) in [6.07, 6.45) is 4.30. The summed E-state index contributed by atoms with van der Waals surface area (Å²) < 4.78 is 5.80. The quantitative estimate of drug-likeness (QED) is 0.575. The Kier molecular flexibility index (Phi) is 6.91. The molecule has 1 aliphatic carbocycles. The van der Waals surface area contributed by atoms with Crippen molar-refractivity contribution in [3.63, 3.8) is 0 Å². The second kappa shape index (κ2) is 6.75. The van der Waals surface area contributed by atoms with Crippen molar-refractivity contribution in [3.05, 3.63) is 5.92 Å². The maximum atomic E-state index is 12.0. The molecule has 3 heteroatoms. The van der Waals surface area contributed by atoms with Gasteiger partial charge in [-0.15, -0.1) is 0 Å². The molecule has 0 saturated heterocycles. The third-order valence-electron chi connectivity index (χ3n) is 4.17. The van der Waals surface area contributed by atoms with E-state index < -0.39 is 0 Å². The van der Waals surface area contributed by atoms with Crippen molar-refractivity contribution in [2.24, 2.45) is 10.8 Å². The van der Waals surface area contributed by atoms with Gasteiger partial charge in [-0.3, -0.25) is 10.7 Å². The molecule has 18 heavy (non-hydrogen) atoms. The van der Waals surface area contributed by atoms with Crippen LogP contribution in [0.4, 0.5) is 0 Å². The summed E-state index contributed by atoms with van der Waals surface area (Å²) in [4.78, 5) is 12.0. The van der Waals surface area contributed by atoms with Crippen LogP contribution in [0.2, 0.25) is 0 Å². The molecule has 0 aromatic carbocycles. The van der Waals surface area contributed by atoms with E-state index in [4.69, 9.17) is 4.74 Å². The van der Waals surface area contributed by atoms with Crippen LogP contribution in [0.5, 0.6) is 0 Å². The monoisotopic (exact) mass is 328 g/mol. The van der Waals surface area contributed by atoms with Gasteiger partial charge >= 0.3 is 0 Å². The van der Waals surface area contributed by atoms with Crippen molar-refractivity contribution >= 4 is 5.97 Å². The third-order valence-corrected chi connectivity index (χ3v) is 4.17. The molecule has 0 spiro atoms. The predicted octanol–water partition coefficient (Wildman–Crippen LogP) is 4.14. The molecular formula is C15H27O2Y-. The molecular weight excluding hydrogens is 301 g/mol.